The van der Waals surface area contributed by atoms with Crippen LogP contribution < -0.4 is 0 Å². The average molecular weight is 279 g/mol. The molecule has 0 bridgehead atoms. The Morgan fingerprint density at radius 3 is 2.83 bits per heavy atom. The Balaban J connectivity index is 2.15. The molecule has 1 aromatic heterocycles. The van der Waals surface area contributed by atoms with Gasteiger partial charge < -0.3 is 5.11 Å². The van der Waals surface area contributed by atoms with E-state index < -0.39 is 23.8 Å². The normalized spacial score (nSPS) is 21.4. The number of carboxylic acids is 1. The quantitative estimate of drug-likeness (QED) is 0.925. The number of hydrogen-bond donors (Lipinski definition) is 1. The van der Waals surface area contributed by atoms with Gasteiger partial charge in [0.05, 0.1) is 5.56 Å². The van der Waals surface area contributed by atoms with Crippen molar-refractivity contribution in [3.63, 3.8) is 0 Å². The second-order valence-electron chi connectivity index (χ2n) is 4.28. The van der Waals surface area contributed by atoms with Gasteiger partial charge in [0, 0.05) is 11.9 Å². The van der Waals surface area contributed by atoms with E-state index in [0.717, 1.165) is 16.7 Å². The molecule has 1 atom stereocenters. The van der Waals surface area contributed by atoms with Crippen LogP contribution in [0.15, 0.2) is 10.8 Å². The SMILES string of the molecule is O=C(O)C1CCCN1Cc1cscc1C(F)(F)F. The monoisotopic (exact) mass is 279 g/mol. The zero-order valence-corrected chi connectivity index (χ0v) is 10.2. The van der Waals surface area contributed by atoms with Crippen LogP contribution in [-0.2, 0) is 17.5 Å². The van der Waals surface area contributed by atoms with Gasteiger partial charge >= 0.3 is 12.1 Å². The molecule has 1 aliphatic rings. The van der Waals surface area contributed by atoms with Crippen molar-refractivity contribution in [1.29, 1.82) is 0 Å². The van der Waals surface area contributed by atoms with E-state index in [-0.39, 0.29) is 12.1 Å². The summed E-state index contributed by atoms with van der Waals surface area (Å²) in [5, 5.41) is 11.5. The number of rotatable bonds is 3. The molecule has 1 N–H and O–H groups in total. The molecular formula is C11H12F3NO2S. The maximum absolute atomic E-state index is 12.7. The molecule has 0 amide bonds. The molecule has 0 spiro atoms. The zero-order valence-electron chi connectivity index (χ0n) is 9.41. The molecule has 1 fully saturated rings. The minimum absolute atomic E-state index is 0.0509. The maximum atomic E-state index is 12.7. The summed E-state index contributed by atoms with van der Waals surface area (Å²) in [5.74, 6) is -0.962. The highest BCUT2D eigenvalue weighted by atomic mass is 32.1. The molecule has 1 saturated heterocycles. The summed E-state index contributed by atoms with van der Waals surface area (Å²) in [6.07, 6.45) is -3.16. The van der Waals surface area contributed by atoms with Gasteiger partial charge in [-0.3, -0.25) is 9.69 Å². The van der Waals surface area contributed by atoms with Gasteiger partial charge in [-0.05, 0) is 30.3 Å². The second kappa shape index (κ2) is 4.89. The fourth-order valence-electron chi connectivity index (χ4n) is 2.21. The van der Waals surface area contributed by atoms with Gasteiger partial charge in [0.2, 0.25) is 0 Å². The predicted molar refractivity (Wildman–Crippen MR) is 60.4 cm³/mol. The van der Waals surface area contributed by atoms with Crippen molar-refractivity contribution in [1.82, 2.24) is 4.90 Å². The first-order valence-corrected chi connectivity index (χ1v) is 6.43. The van der Waals surface area contributed by atoms with Gasteiger partial charge in [-0.2, -0.15) is 24.5 Å². The predicted octanol–water partition coefficient (Wildman–Crippen LogP) is 2.82. The van der Waals surface area contributed by atoms with Crippen molar-refractivity contribution >= 4 is 17.3 Å². The van der Waals surface area contributed by atoms with Crippen molar-refractivity contribution in [2.24, 2.45) is 0 Å². The van der Waals surface area contributed by atoms with Crippen LogP contribution in [0.1, 0.15) is 24.0 Å². The summed E-state index contributed by atoms with van der Waals surface area (Å²) in [7, 11) is 0. The second-order valence-corrected chi connectivity index (χ2v) is 5.02. The number of likely N-dealkylation sites (tertiary alicyclic amines) is 1. The first-order chi connectivity index (χ1) is 8.39. The molecule has 0 radical (unpaired) electrons. The van der Waals surface area contributed by atoms with Gasteiger partial charge in [0.1, 0.15) is 6.04 Å². The number of carboxylic acid groups (broad SMARTS) is 1. The molecule has 0 saturated carbocycles. The lowest BCUT2D eigenvalue weighted by atomic mass is 10.1. The van der Waals surface area contributed by atoms with Gasteiger partial charge in [-0.15, -0.1) is 0 Å². The third-order valence-corrected chi connectivity index (χ3v) is 3.86. The Labute approximate surface area is 106 Å². The van der Waals surface area contributed by atoms with Crippen molar-refractivity contribution in [2.75, 3.05) is 6.54 Å². The molecule has 7 heteroatoms. The lowest BCUT2D eigenvalue weighted by Gasteiger charge is -2.21. The zero-order chi connectivity index (χ0) is 13.3. The molecule has 2 heterocycles. The Bertz CT molecular complexity index is 444. The third-order valence-electron chi connectivity index (χ3n) is 3.07. The summed E-state index contributed by atoms with van der Waals surface area (Å²) in [4.78, 5) is 12.6. The van der Waals surface area contributed by atoms with Crippen molar-refractivity contribution < 1.29 is 23.1 Å². The number of hydrogen-bond acceptors (Lipinski definition) is 3. The first-order valence-electron chi connectivity index (χ1n) is 5.48. The van der Waals surface area contributed by atoms with Crippen LogP contribution in [0.2, 0.25) is 0 Å². The molecule has 100 valence electrons. The van der Waals surface area contributed by atoms with Crippen LogP contribution in [0.5, 0.6) is 0 Å². The van der Waals surface area contributed by atoms with E-state index in [1.54, 1.807) is 4.90 Å². The van der Waals surface area contributed by atoms with E-state index in [9.17, 15) is 18.0 Å². The smallest absolute Gasteiger partial charge is 0.417 e. The van der Waals surface area contributed by atoms with Crippen LogP contribution in [0.4, 0.5) is 13.2 Å². The largest absolute Gasteiger partial charge is 0.480 e. The van der Waals surface area contributed by atoms with Crippen LogP contribution in [0, 0.1) is 0 Å². The van der Waals surface area contributed by atoms with Crippen LogP contribution in [0.25, 0.3) is 0 Å². The van der Waals surface area contributed by atoms with Gasteiger partial charge in [-0.1, -0.05) is 0 Å². The van der Waals surface area contributed by atoms with Crippen molar-refractivity contribution in [3.05, 3.63) is 21.9 Å². The maximum Gasteiger partial charge on any atom is 0.417 e. The first kappa shape index (κ1) is 13.4. The number of aliphatic carboxylic acids is 1. The van der Waals surface area contributed by atoms with Gasteiger partial charge in [-0.25, -0.2) is 0 Å². The fraction of sp³-hybridized carbons (Fsp3) is 0.545. The number of carbonyl (C=O) groups is 1. The summed E-state index contributed by atoms with van der Waals surface area (Å²) in [5.41, 5.74) is -0.482. The highest BCUT2D eigenvalue weighted by molar-refractivity contribution is 7.08. The molecule has 0 aliphatic carbocycles. The molecule has 1 aliphatic heterocycles. The summed E-state index contributed by atoms with van der Waals surface area (Å²) in [6, 6.07) is -0.661. The Kier molecular flexibility index (Phi) is 3.63. The highest BCUT2D eigenvalue weighted by Crippen LogP contribution is 2.35. The summed E-state index contributed by atoms with van der Waals surface area (Å²) in [6.45, 7) is 0.583. The number of nitrogens with zero attached hydrogens (tertiary/aromatic N) is 1. The molecule has 3 nitrogen and oxygen atoms in total. The Hall–Kier alpha value is -1.08. The topological polar surface area (TPSA) is 40.5 Å². The van der Waals surface area contributed by atoms with E-state index >= 15 is 0 Å². The lowest BCUT2D eigenvalue weighted by molar-refractivity contribution is -0.142. The third kappa shape index (κ3) is 2.67. The fourth-order valence-corrected chi connectivity index (χ4v) is 3.06. The van der Waals surface area contributed by atoms with E-state index in [1.165, 1.54) is 5.38 Å². The Morgan fingerprint density at radius 1 is 1.50 bits per heavy atom. The molecule has 1 aromatic rings. The van der Waals surface area contributed by atoms with Crippen LogP contribution in [-0.4, -0.2) is 28.6 Å². The number of alkyl halides is 3. The molecular weight excluding hydrogens is 267 g/mol. The van der Waals surface area contributed by atoms with Gasteiger partial charge in [0.25, 0.3) is 0 Å². The van der Waals surface area contributed by atoms with Gasteiger partial charge in [0.15, 0.2) is 0 Å². The van der Waals surface area contributed by atoms with E-state index in [1.807, 2.05) is 0 Å². The molecule has 0 aromatic carbocycles. The number of thiophene rings is 1. The highest BCUT2D eigenvalue weighted by Gasteiger charge is 2.36. The van der Waals surface area contributed by atoms with E-state index in [4.69, 9.17) is 5.11 Å². The summed E-state index contributed by atoms with van der Waals surface area (Å²) >= 11 is 0.992. The average Bonchev–Trinajstić information content (AvgIpc) is 2.85. The van der Waals surface area contributed by atoms with E-state index in [0.29, 0.717) is 19.4 Å². The lowest BCUT2D eigenvalue weighted by Crippen LogP contribution is -2.35. The standard InChI is InChI=1S/C11H12F3NO2S/c12-11(13,14)8-6-18-5-7(8)4-15-3-1-2-9(15)10(16)17/h5-6,9H,1-4H2,(H,16,17). The minimum atomic E-state index is -4.37. The van der Waals surface area contributed by atoms with Crippen LogP contribution in [0.3, 0.4) is 0 Å². The Morgan fingerprint density at radius 2 is 2.22 bits per heavy atom. The number of halogens is 3. The van der Waals surface area contributed by atoms with E-state index in [2.05, 4.69) is 0 Å². The molecule has 18 heavy (non-hydrogen) atoms. The van der Waals surface area contributed by atoms with Crippen molar-refractivity contribution in [2.45, 2.75) is 31.6 Å². The summed E-state index contributed by atoms with van der Waals surface area (Å²) < 4.78 is 38.0. The van der Waals surface area contributed by atoms with Crippen molar-refractivity contribution in [3.8, 4) is 0 Å². The molecule has 2 rings (SSSR count). The minimum Gasteiger partial charge on any atom is -0.480 e. The molecule has 1 unspecified atom stereocenters. The van der Waals surface area contributed by atoms with Crippen LogP contribution >= 0.6 is 11.3 Å².